The van der Waals surface area contributed by atoms with E-state index in [9.17, 15) is 4.79 Å². The van der Waals surface area contributed by atoms with Gasteiger partial charge in [0.05, 0.1) is 18.1 Å². The highest BCUT2D eigenvalue weighted by Crippen LogP contribution is 2.28. The molecule has 3 atom stereocenters. The zero-order chi connectivity index (χ0) is 19.7. The molecule has 1 N–H and O–H groups in total. The smallest absolute Gasteiger partial charge is 0.281 e. The second kappa shape index (κ2) is 8.11. The van der Waals surface area contributed by atoms with Crippen LogP contribution >= 0.6 is 11.3 Å². The van der Waals surface area contributed by atoms with E-state index in [4.69, 9.17) is 4.98 Å². The van der Waals surface area contributed by atoms with Crippen LogP contribution in [0.25, 0.3) is 10.3 Å². The van der Waals surface area contributed by atoms with Crippen molar-refractivity contribution in [2.75, 3.05) is 13.1 Å². The third kappa shape index (κ3) is 3.62. The first-order chi connectivity index (χ1) is 13.6. The fourth-order valence-electron chi connectivity index (χ4n) is 4.09. The molecule has 1 aromatic carbocycles. The molecule has 7 heteroatoms. The van der Waals surface area contributed by atoms with Crippen molar-refractivity contribution in [3.8, 4) is 0 Å². The minimum atomic E-state index is -0.0422. The van der Waals surface area contributed by atoms with E-state index in [0.717, 1.165) is 35.7 Å². The zero-order valence-corrected chi connectivity index (χ0v) is 17.4. The van der Waals surface area contributed by atoms with Crippen LogP contribution in [-0.2, 0) is 6.54 Å². The van der Waals surface area contributed by atoms with Crippen molar-refractivity contribution in [3.63, 3.8) is 0 Å². The number of nitrogens with one attached hydrogen (secondary N) is 1. The van der Waals surface area contributed by atoms with Crippen LogP contribution in [0.2, 0.25) is 0 Å². The topological polar surface area (TPSA) is 63.1 Å². The predicted octanol–water partition coefficient (Wildman–Crippen LogP) is 3.03. The molecule has 28 heavy (non-hydrogen) atoms. The van der Waals surface area contributed by atoms with Crippen LogP contribution in [0.3, 0.4) is 0 Å². The number of benzene rings is 1. The molecule has 1 fully saturated rings. The quantitative estimate of drug-likeness (QED) is 0.717. The lowest BCUT2D eigenvalue weighted by molar-refractivity contribution is 0.0852. The summed E-state index contributed by atoms with van der Waals surface area (Å²) in [6.45, 7) is 9.04. The van der Waals surface area contributed by atoms with Crippen LogP contribution in [0, 0.1) is 0 Å². The standard InChI is InChI=1S/C21H27N5OS/c1-4-17(25-11-14(2)22-10-15(25)3)19-24-20-18(23-13-28-20)21(27)26(19)12-16-8-6-5-7-9-16/h5-9,13-15,17,22H,4,10-12H2,1-3H3. The van der Waals surface area contributed by atoms with Crippen molar-refractivity contribution < 1.29 is 0 Å². The molecular weight excluding hydrogens is 370 g/mol. The largest absolute Gasteiger partial charge is 0.311 e. The number of piperazine rings is 1. The second-order valence-electron chi connectivity index (χ2n) is 7.63. The number of hydrogen-bond acceptors (Lipinski definition) is 6. The van der Waals surface area contributed by atoms with E-state index in [1.165, 1.54) is 11.3 Å². The lowest BCUT2D eigenvalue weighted by Gasteiger charge is -2.42. The Bertz CT molecular complexity index is 999. The third-order valence-corrected chi connectivity index (χ3v) is 6.29. The molecule has 1 aliphatic rings. The van der Waals surface area contributed by atoms with Gasteiger partial charge < -0.3 is 5.32 Å². The summed E-state index contributed by atoms with van der Waals surface area (Å²) in [6.07, 6.45) is 0.905. The number of nitrogens with zero attached hydrogens (tertiary/aromatic N) is 4. The highest BCUT2D eigenvalue weighted by molar-refractivity contribution is 7.16. The van der Waals surface area contributed by atoms with E-state index >= 15 is 0 Å². The van der Waals surface area contributed by atoms with Crippen LogP contribution < -0.4 is 10.9 Å². The van der Waals surface area contributed by atoms with E-state index in [2.05, 4.69) is 48.1 Å². The van der Waals surface area contributed by atoms with E-state index in [0.29, 0.717) is 24.1 Å². The summed E-state index contributed by atoms with van der Waals surface area (Å²) >= 11 is 1.44. The maximum absolute atomic E-state index is 13.3. The molecule has 0 radical (unpaired) electrons. The Morgan fingerprint density at radius 3 is 2.82 bits per heavy atom. The second-order valence-corrected chi connectivity index (χ2v) is 8.47. The number of aromatic nitrogens is 3. The molecule has 3 aromatic rings. The van der Waals surface area contributed by atoms with Crippen LogP contribution in [0.5, 0.6) is 0 Å². The van der Waals surface area contributed by atoms with Crippen molar-refractivity contribution in [2.45, 2.75) is 51.9 Å². The van der Waals surface area contributed by atoms with Crippen LogP contribution in [0.4, 0.5) is 0 Å². The minimum absolute atomic E-state index is 0.0422. The van der Waals surface area contributed by atoms with E-state index in [-0.39, 0.29) is 11.6 Å². The molecule has 0 spiro atoms. The minimum Gasteiger partial charge on any atom is -0.311 e. The number of fused-ring (bicyclic) bond motifs is 1. The van der Waals surface area contributed by atoms with Gasteiger partial charge in [0, 0.05) is 25.2 Å². The monoisotopic (exact) mass is 397 g/mol. The van der Waals surface area contributed by atoms with Crippen molar-refractivity contribution in [3.05, 3.63) is 57.6 Å². The Morgan fingerprint density at radius 1 is 1.29 bits per heavy atom. The van der Waals surface area contributed by atoms with E-state index < -0.39 is 0 Å². The van der Waals surface area contributed by atoms with Gasteiger partial charge >= 0.3 is 0 Å². The maximum atomic E-state index is 13.3. The van der Waals surface area contributed by atoms with Gasteiger partial charge in [-0.25, -0.2) is 9.97 Å². The molecule has 3 heterocycles. The first-order valence-electron chi connectivity index (χ1n) is 9.95. The van der Waals surface area contributed by atoms with E-state index in [1.807, 2.05) is 22.8 Å². The van der Waals surface area contributed by atoms with Crippen LogP contribution in [0.1, 0.15) is 44.6 Å². The Hall–Kier alpha value is -2.09. The summed E-state index contributed by atoms with van der Waals surface area (Å²) in [5, 5.41) is 3.54. The average molecular weight is 398 g/mol. The average Bonchev–Trinajstić information content (AvgIpc) is 3.17. The van der Waals surface area contributed by atoms with Gasteiger partial charge in [-0.05, 0) is 25.8 Å². The summed E-state index contributed by atoms with van der Waals surface area (Å²) in [6, 6.07) is 11.0. The number of rotatable bonds is 5. The highest BCUT2D eigenvalue weighted by Gasteiger charge is 2.32. The Balaban J connectivity index is 1.83. The van der Waals surface area contributed by atoms with Gasteiger partial charge in [-0.2, -0.15) is 0 Å². The zero-order valence-electron chi connectivity index (χ0n) is 16.6. The molecule has 1 saturated heterocycles. The molecule has 0 bridgehead atoms. The number of thiazole rings is 1. The summed E-state index contributed by atoms with van der Waals surface area (Å²) < 4.78 is 1.84. The first-order valence-corrected chi connectivity index (χ1v) is 10.8. The molecule has 2 aromatic heterocycles. The van der Waals surface area contributed by atoms with Gasteiger partial charge in [-0.3, -0.25) is 14.3 Å². The van der Waals surface area contributed by atoms with Gasteiger partial charge in [0.2, 0.25) is 0 Å². The van der Waals surface area contributed by atoms with Gasteiger partial charge in [-0.15, -0.1) is 11.3 Å². The Morgan fingerprint density at radius 2 is 2.07 bits per heavy atom. The number of hydrogen-bond donors (Lipinski definition) is 1. The normalized spacial score (nSPS) is 21.8. The predicted molar refractivity (Wildman–Crippen MR) is 114 cm³/mol. The molecule has 3 unspecified atom stereocenters. The highest BCUT2D eigenvalue weighted by atomic mass is 32.1. The van der Waals surface area contributed by atoms with Gasteiger partial charge in [0.1, 0.15) is 5.82 Å². The molecule has 4 rings (SSSR count). The lowest BCUT2D eigenvalue weighted by Crippen LogP contribution is -2.55. The third-order valence-electron chi connectivity index (χ3n) is 5.57. The summed E-state index contributed by atoms with van der Waals surface area (Å²) in [5.41, 5.74) is 3.24. The first kappa shape index (κ1) is 19.2. The van der Waals surface area contributed by atoms with Crippen molar-refractivity contribution in [1.82, 2.24) is 24.8 Å². The molecule has 0 amide bonds. The molecular formula is C21H27N5OS. The van der Waals surface area contributed by atoms with Crippen molar-refractivity contribution in [1.29, 1.82) is 0 Å². The van der Waals surface area contributed by atoms with E-state index in [1.54, 1.807) is 5.51 Å². The molecule has 148 valence electrons. The van der Waals surface area contributed by atoms with Gasteiger partial charge in [0.25, 0.3) is 5.56 Å². The molecule has 0 saturated carbocycles. The lowest BCUT2D eigenvalue weighted by atomic mass is 10.0. The Kier molecular flexibility index (Phi) is 5.57. The molecule has 1 aliphatic heterocycles. The van der Waals surface area contributed by atoms with Crippen molar-refractivity contribution in [2.24, 2.45) is 0 Å². The van der Waals surface area contributed by atoms with Crippen molar-refractivity contribution >= 4 is 21.7 Å². The summed E-state index contributed by atoms with van der Waals surface area (Å²) in [4.78, 5) is 25.8. The van der Waals surface area contributed by atoms with Gasteiger partial charge in [-0.1, -0.05) is 37.3 Å². The summed E-state index contributed by atoms with van der Waals surface area (Å²) in [7, 11) is 0. The fraction of sp³-hybridized carbons (Fsp3) is 0.476. The fourth-order valence-corrected chi connectivity index (χ4v) is 4.74. The van der Waals surface area contributed by atoms with Gasteiger partial charge in [0.15, 0.2) is 10.3 Å². The summed E-state index contributed by atoms with van der Waals surface area (Å²) in [5.74, 6) is 0.856. The maximum Gasteiger partial charge on any atom is 0.281 e. The van der Waals surface area contributed by atoms with Crippen LogP contribution in [0.15, 0.2) is 40.6 Å². The Labute approximate surface area is 169 Å². The van der Waals surface area contributed by atoms with Crippen LogP contribution in [-0.4, -0.2) is 44.6 Å². The molecule has 0 aliphatic carbocycles. The molecule has 6 nitrogen and oxygen atoms in total. The SMILES string of the molecule is CCC(c1nc2scnc2c(=O)n1Cc1ccccc1)N1CC(C)NCC1C.